The highest BCUT2D eigenvalue weighted by Gasteiger charge is 2.33. The van der Waals surface area contributed by atoms with Crippen LogP contribution in [0.25, 0.3) is 0 Å². The van der Waals surface area contributed by atoms with Gasteiger partial charge in [0.2, 0.25) is 5.91 Å². The lowest BCUT2D eigenvalue weighted by Crippen LogP contribution is -2.50. The van der Waals surface area contributed by atoms with Crippen LogP contribution in [0, 0.1) is 12.8 Å². The molecule has 1 aliphatic carbocycles. The molecule has 25 heavy (non-hydrogen) atoms. The summed E-state index contributed by atoms with van der Waals surface area (Å²) in [6.07, 6.45) is 6.99. The van der Waals surface area contributed by atoms with Crippen LogP contribution in [0.4, 0.5) is 0 Å². The summed E-state index contributed by atoms with van der Waals surface area (Å²) < 4.78 is 5.71. The molecule has 0 aromatic carbocycles. The second-order valence-corrected chi connectivity index (χ2v) is 8.14. The first-order valence-electron chi connectivity index (χ1n) is 9.99. The van der Waals surface area contributed by atoms with E-state index < -0.39 is 0 Å². The van der Waals surface area contributed by atoms with Crippen LogP contribution in [0.1, 0.15) is 50.0 Å². The smallest absolute Gasteiger partial charge is 0.224 e. The van der Waals surface area contributed by atoms with E-state index in [4.69, 9.17) is 4.42 Å². The highest BCUT2D eigenvalue weighted by Crippen LogP contribution is 2.26. The zero-order valence-corrected chi connectivity index (χ0v) is 15.4. The highest BCUT2D eigenvalue weighted by atomic mass is 16.3. The predicted molar refractivity (Wildman–Crippen MR) is 97.2 cm³/mol. The summed E-state index contributed by atoms with van der Waals surface area (Å²) in [5, 5.41) is 3.20. The molecule has 0 unspecified atom stereocenters. The van der Waals surface area contributed by atoms with Gasteiger partial charge in [0.1, 0.15) is 11.5 Å². The molecule has 1 N–H and O–H groups in total. The van der Waals surface area contributed by atoms with Crippen molar-refractivity contribution in [3.05, 3.63) is 23.7 Å². The highest BCUT2D eigenvalue weighted by molar-refractivity contribution is 5.79. The van der Waals surface area contributed by atoms with Gasteiger partial charge in [-0.1, -0.05) is 0 Å². The standard InChI is InChI=1S/C20H31N3O2/c1-15-4-7-19(25-15)14-22-11-8-18(9-12-22)23-10-2-3-16(13-23)20(24)21-17-5-6-17/h4,7,16-18H,2-3,5-6,8-14H2,1H3,(H,21,24)/t16-/m1/s1. The van der Waals surface area contributed by atoms with Gasteiger partial charge in [0.15, 0.2) is 0 Å². The second-order valence-electron chi connectivity index (χ2n) is 8.14. The third-order valence-electron chi connectivity index (χ3n) is 6.00. The van der Waals surface area contributed by atoms with E-state index in [1.807, 2.05) is 13.0 Å². The monoisotopic (exact) mass is 345 g/mol. The summed E-state index contributed by atoms with van der Waals surface area (Å²) in [6, 6.07) is 5.26. The summed E-state index contributed by atoms with van der Waals surface area (Å²) in [7, 11) is 0. The van der Waals surface area contributed by atoms with Gasteiger partial charge in [-0.25, -0.2) is 0 Å². The number of carbonyl (C=O) groups excluding carboxylic acids is 1. The van der Waals surface area contributed by atoms with E-state index in [9.17, 15) is 4.79 Å². The molecule has 1 amide bonds. The Morgan fingerprint density at radius 3 is 2.64 bits per heavy atom. The molecule has 5 nitrogen and oxygen atoms in total. The van der Waals surface area contributed by atoms with E-state index in [1.165, 1.54) is 25.7 Å². The van der Waals surface area contributed by atoms with Gasteiger partial charge in [0, 0.05) is 31.7 Å². The second kappa shape index (κ2) is 7.50. The lowest BCUT2D eigenvalue weighted by Gasteiger charge is -2.41. The van der Waals surface area contributed by atoms with Crippen molar-refractivity contribution in [1.29, 1.82) is 0 Å². The molecule has 1 saturated carbocycles. The number of carbonyl (C=O) groups is 1. The molecule has 2 aliphatic heterocycles. The molecule has 0 radical (unpaired) electrons. The van der Waals surface area contributed by atoms with Crippen LogP contribution in [0.5, 0.6) is 0 Å². The molecular weight excluding hydrogens is 314 g/mol. The van der Waals surface area contributed by atoms with Crippen molar-refractivity contribution in [2.75, 3.05) is 26.2 Å². The van der Waals surface area contributed by atoms with E-state index >= 15 is 0 Å². The molecule has 3 aliphatic rings. The summed E-state index contributed by atoms with van der Waals surface area (Å²) >= 11 is 0. The molecule has 1 aromatic heterocycles. The summed E-state index contributed by atoms with van der Waals surface area (Å²) in [5.74, 6) is 2.58. The van der Waals surface area contributed by atoms with Crippen molar-refractivity contribution in [2.45, 2.75) is 64.1 Å². The summed E-state index contributed by atoms with van der Waals surface area (Å²) in [4.78, 5) is 17.5. The topological polar surface area (TPSA) is 48.7 Å². The Labute approximate surface area is 150 Å². The number of nitrogens with zero attached hydrogens (tertiary/aromatic N) is 2. The first kappa shape index (κ1) is 17.1. The Morgan fingerprint density at radius 1 is 1.16 bits per heavy atom. The van der Waals surface area contributed by atoms with Gasteiger partial charge in [-0.15, -0.1) is 0 Å². The molecule has 3 heterocycles. The van der Waals surface area contributed by atoms with E-state index in [0.29, 0.717) is 18.0 Å². The first-order chi connectivity index (χ1) is 12.2. The quantitative estimate of drug-likeness (QED) is 0.891. The van der Waals surface area contributed by atoms with Gasteiger partial charge in [0.05, 0.1) is 12.5 Å². The Balaban J connectivity index is 1.24. The maximum atomic E-state index is 12.4. The average molecular weight is 345 g/mol. The molecule has 1 aromatic rings. The minimum absolute atomic E-state index is 0.207. The third kappa shape index (κ3) is 4.45. The number of amides is 1. The zero-order valence-electron chi connectivity index (χ0n) is 15.4. The fraction of sp³-hybridized carbons (Fsp3) is 0.750. The van der Waals surface area contributed by atoms with Crippen LogP contribution < -0.4 is 5.32 Å². The van der Waals surface area contributed by atoms with Crippen LogP contribution in [0.15, 0.2) is 16.5 Å². The van der Waals surface area contributed by atoms with Crippen LogP contribution in [0.3, 0.4) is 0 Å². The van der Waals surface area contributed by atoms with Crippen molar-refractivity contribution >= 4 is 5.91 Å². The molecule has 0 spiro atoms. The van der Waals surface area contributed by atoms with Crippen molar-refractivity contribution in [3.63, 3.8) is 0 Å². The number of piperidine rings is 2. The van der Waals surface area contributed by atoms with Crippen molar-refractivity contribution in [3.8, 4) is 0 Å². The minimum atomic E-state index is 0.207. The van der Waals surface area contributed by atoms with Gasteiger partial charge in [-0.3, -0.25) is 14.6 Å². The predicted octanol–water partition coefficient (Wildman–Crippen LogP) is 2.54. The number of hydrogen-bond acceptors (Lipinski definition) is 4. The van der Waals surface area contributed by atoms with E-state index in [2.05, 4.69) is 21.2 Å². The van der Waals surface area contributed by atoms with Crippen molar-refractivity contribution in [1.82, 2.24) is 15.1 Å². The zero-order chi connectivity index (χ0) is 17.2. The van der Waals surface area contributed by atoms with Crippen molar-refractivity contribution in [2.24, 2.45) is 5.92 Å². The number of rotatable bonds is 5. The largest absolute Gasteiger partial charge is 0.465 e. The number of aryl methyl sites for hydroxylation is 1. The van der Waals surface area contributed by atoms with Crippen LogP contribution in [0.2, 0.25) is 0 Å². The van der Waals surface area contributed by atoms with Gasteiger partial charge in [-0.2, -0.15) is 0 Å². The van der Waals surface area contributed by atoms with Crippen molar-refractivity contribution < 1.29 is 9.21 Å². The lowest BCUT2D eigenvalue weighted by atomic mass is 9.93. The lowest BCUT2D eigenvalue weighted by molar-refractivity contribution is -0.127. The Morgan fingerprint density at radius 2 is 1.96 bits per heavy atom. The minimum Gasteiger partial charge on any atom is -0.465 e. The number of hydrogen-bond donors (Lipinski definition) is 1. The van der Waals surface area contributed by atoms with Gasteiger partial charge < -0.3 is 9.73 Å². The first-order valence-corrected chi connectivity index (χ1v) is 9.99. The normalized spacial score (nSPS) is 26.7. The van der Waals surface area contributed by atoms with Crippen LogP contribution in [-0.4, -0.2) is 54.0 Å². The molecule has 4 rings (SSSR count). The summed E-state index contributed by atoms with van der Waals surface area (Å²) in [6.45, 7) is 7.30. The maximum absolute atomic E-state index is 12.4. The van der Waals surface area contributed by atoms with Crippen LogP contribution in [-0.2, 0) is 11.3 Å². The third-order valence-corrected chi connectivity index (χ3v) is 6.00. The molecule has 2 saturated heterocycles. The fourth-order valence-corrected chi connectivity index (χ4v) is 4.33. The molecule has 5 heteroatoms. The Bertz CT molecular complexity index is 588. The number of likely N-dealkylation sites (tertiary alicyclic amines) is 2. The molecule has 3 fully saturated rings. The van der Waals surface area contributed by atoms with E-state index in [-0.39, 0.29) is 5.92 Å². The van der Waals surface area contributed by atoms with E-state index in [1.54, 1.807) is 0 Å². The average Bonchev–Trinajstić information content (AvgIpc) is 3.35. The Hall–Kier alpha value is -1.33. The molecule has 138 valence electrons. The molecule has 0 bridgehead atoms. The maximum Gasteiger partial charge on any atom is 0.224 e. The van der Waals surface area contributed by atoms with Gasteiger partial charge in [0.25, 0.3) is 0 Å². The number of nitrogens with one attached hydrogen (secondary N) is 1. The number of furan rings is 1. The molecule has 1 atom stereocenters. The summed E-state index contributed by atoms with van der Waals surface area (Å²) in [5.41, 5.74) is 0. The van der Waals surface area contributed by atoms with Crippen LogP contribution >= 0.6 is 0 Å². The Kier molecular flexibility index (Phi) is 5.13. The van der Waals surface area contributed by atoms with Gasteiger partial charge >= 0.3 is 0 Å². The van der Waals surface area contributed by atoms with Gasteiger partial charge in [-0.05, 0) is 64.1 Å². The fourth-order valence-electron chi connectivity index (χ4n) is 4.33. The molecular formula is C20H31N3O2. The SMILES string of the molecule is Cc1ccc(CN2CCC(N3CCC[C@@H](C(=O)NC4CC4)C3)CC2)o1. The van der Waals surface area contributed by atoms with E-state index in [0.717, 1.165) is 57.1 Å².